The molecule has 0 aromatic carbocycles. The Morgan fingerprint density at radius 2 is 1.75 bits per heavy atom. The van der Waals surface area contributed by atoms with E-state index in [1.54, 1.807) is 0 Å². The van der Waals surface area contributed by atoms with Gasteiger partial charge in [0.2, 0.25) is 0 Å². The molecule has 2 heteroatoms. The predicted molar refractivity (Wildman–Crippen MR) is 49.9 cm³/mol. The molecule has 0 aliphatic rings. The van der Waals surface area contributed by atoms with E-state index in [4.69, 9.17) is 4.74 Å². The van der Waals surface area contributed by atoms with Gasteiger partial charge in [-0.05, 0) is 12.8 Å². The van der Waals surface area contributed by atoms with E-state index >= 15 is 0 Å². The van der Waals surface area contributed by atoms with Crippen LogP contribution in [0.5, 0.6) is 0 Å². The molecule has 0 N–H and O–H groups in total. The van der Waals surface area contributed by atoms with Crippen molar-refractivity contribution in [3.8, 4) is 0 Å². The molecule has 12 heavy (non-hydrogen) atoms. The van der Waals surface area contributed by atoms with Gasteiger partial charge < -0.3 is 4.74 Å². The molecule has 0 unspecified atom stereocenters. The molecule has 0 fully saturated rings. The van der Waals surface area contributed by atoms with Gasteiger partial charge in [0.1, 0.15) is 0 Å². The molecule has 0 atom stereocenters. The Kier molecular flexibility index (Phi) is 5.77. The van der Waals surface area contributed by atoms with E-state index in [1.807, 2.05) is 0 Å². The summed E-state index contributed by atoms with van der Waals surface area (Å²) in [5.74, 6) is 0. The van der Waals surface area contributed by atoms with Crippen molar-refractivity contribution in [1.82, 2.24) is 0 Å². The van der Waals surface area contributed by atoms with Crippen LogP contribution >= 0.6 is 0 Å². The molecule has 0 heterocycles. The van der Waals surface area contributed by atoms with Crippen LogP contribution in [0.25, 0.3) is 0 Å². The largest absolute Gasteiger partial charge is 0.467 e. The lowest BCUT2D eigenvalue weighted by Gasteiger charge is -2.27. The van der Waals surface area contributed by atoms with Crippen LogP contribution in [0.1, 0.15) is 46.5 Å². The number of rotatable bonds is 7. The zero-order valence-corrected chi connectivity index (χ0v) is 8.43. The molecule has 0 spiro atoms. The highest BCUT2D eigenvalue weighted by Crippen LogP contribution is 2.28. The summed E-state index contributed by atoms with van der Waals surface area (Å²) < 4.78 is 4.82. The summed E-state index contributed by atoms with van der Waals surface area (Å²) >= 11 is 0. The van der Waals surface area contributed by atoms with Crippen LogP contribution in [0.4, 0.5) is 0 Å². The number of hydrogen-bond acceptors (Lipinski definition) is 2. The Hall–Kier alpha value is -0.530. The molecule has 0 amide bonds. The van der Waals surface area contributed by atoms with Crippen LogP contribution in [-0.2, 0) is 9.53 Å². The van der Waals surface area contributed by atoms with Crippen molar-refractivity contribution in [1.29, 1.82) is 0 Å². The molecule has 0 saturated heterocycles. The molecular weight excluding hydrogens is 152 g/mol. The van der Waals surface area contributed by atoms with Crippen LogP contribution in [0.2, 0.25) is 0 Å². The Morgan fingerprint density at radius 3 is 2.08 bits per heavy atom. The van der Waals surface area contributed by atoms with Crippen LogP contribution in [0.3, 0.4) is 0 Å². The summed E-state index contributed by atoms with van der Waals surface area (Å²) in [5.41, 5.74) is 0.199. The quantitative estimate of drug-likeness (QED) is 0.552. The van der Waals surface area contributed by atoms with Crippen LogP contribution < -0.4 is 0 Å². The molecule has 0 aromatic rings. The number of carbonyl (C=O) groups excluding carboxylic acids is 1. The number of hydrogen-bond donors (Lipinski definition) is 0. The Labute approximate surface area is 75.3 Å². The fourth-order valence-corrected chi connectivity index (χ4v) is 1.71. The van der Waals surface area contributed by atoms with Crippen molar-refractivity contribution >= 4 is 6.47 Å². The van der Waals surface area contributed by atoms with Gasteiger partial charge in [-0.25, -0.2) is 0 Å². The third-order valence-electron chi connectivity index (χ3n) is 2.21. The SMILES string of the molecule is CCCC(C)(CCC)COC=O. The van der Waals surface area contributed by atoms with Crippen molar-refractivity contribution in [2.24, 2.45) is 5.41 Å². The smallest absolute Gasteiger partial charge is 0.293 e. The van der Waals surface area contributed by atoms with Gasteiger partial charge in [0.15, 0.2) is 0 Å². The van der Waals surface area contributed by atoms with Gasteiger partial charge in [-0.2, -0.15) is 0 Å². The summed E-state index contributed by atoms with van der Waals surface area (Å²) in [6, 6.07) is 0. The van der Waals surface area contributed by atoms with Gasteiger partial charge >= 0.3 is 0 Å². The second-order valence-corrected chi connectivity index (χ2v) is 3.72. The van der Waals surface area contributed by atoms with E-state index in [-0.39, 0.29) is 5.41 Å². The van der Waals surface area contributed by atoms with Crippen molar-refractivity contribution in [3.05, 3.63) is 0 Å². The summed E-state index contributed by atoms with van der Waals surface area (Å²) in [7, 11) is 0. The molecule has 2 nitrogen and oxygen atoms in total. The molecular formula is C10H20O2. The highest BCUT2D eigenvalue weighted by molar-refractivity contribution is 5.36. The first-order chi connectivity index (χ1) is 5.68. The maximum atomic E-state index is 10.0. The predicted octanol–water partition coefficient (Wildman–Crippen LogP) is 2.77. The Balaban J connectivity index is 3.88. The van der Waals surface area contributed by atoms with E-state index < -0.39 is 0 Å². The number of carbonyl (C=O) groups is 1. The standard InChI is InChI=1S/C10H20O2/c1-4-6-10(3,7-5-2)8-12-9-11/h9H,4-8H2,1-3H3. The van der Waals surface area contributed by atoms with Gasteiger partial charge in [0.25, 0.3) is 6.47 Å². The zero-order valence-electron chi connectivity index (χ0n) is 8.43. The van der Waals surface area contributed by atoms with Gasteiger partial charge in [0.05, 0.1) is 6.61 Å². The molecule has 0 aliphatic heterocycles. The van der Waals surface area contributed by atoms with Crippen molar-refractivity contribution in [2.45, 2.75) is 46.5 Å². The first-order valence-corrected chi connectivity index (χ1v) is 4.73. The zero-order chi connectivity index (χ0) is 9.45. The van der Waals surface area contributed by atoms with E-state index in [9.17, 15) is 4.79 Å². The lowest BCUT2D eigenvalue weighted by molar-refractivity contribution is -0.132. The van der Waals surface area contributed by atoms with Crippen molar-refractivity contribution < 1.29 is 9.53 Å². The topological polar surface area (TPSA) is 26.3 Å². The summed E-state index contributed by atoms with van der Waals surface area (Å²) in [5, 5.41) is 0. The molecule has 0 saturated carbocycles. The van der Waals surface area contributed by atoms with E-state index in [0.717, 1.165) is 25.7 Å². The monoisotopic (exact) mass is 172 g/mol. The van der Waals surface area contributed by atoms with Crippen LogP contribution in [0, 0.1) is 5.41 Å². The van der Waals surface area contributed by atoms with E-state index in [0.29, 0.717) is 13.1 Å². The highest BCUT2D eigenvalue weighted by Gasteiger charge is 2.22. The van der Waals surface area contributed by atoms with Crippen molar-refractivity contribution in [2.75, 3.05) is 6.61 Å². The van der Waals surface area contributed by atoms with Gasteiger partial charge in [-0.3, -0.25) is 4.79 Å². The molecule has 0 radical (unpaired) electrons. The molecule has 72 valence electrons. The highest BCUT2D eigenvalue weighted by atomic mass is 16.5. The van der Waals surface area contributed by atoms with Gasteiger partial charge in [-0.15, -0.1) is 0 Å². The Bertz CT molecular complexity index is 115. The summed E-state index contributed by atoms with van der Waals surface area (Å²) in [6.45, 7) is 7.62. The van der Waals surface area contributed by atoms with Crippen molar-refractivity contribution in [3.63, 3.8) is 0 Å². The van der Waals surface area contributed by atoms with E-state index in [2.05, 4.69) is 20.8 Å². The molecule has 0 bridgehead atoms. The minimum atomic E-state index is 0.199. The lowest BCUT2D eigenvalue weighted by Crippen LogP contribution is -2.22. The molecule has 0 rings (SSSR count). The number of ether oxygens (including phenoxy) is 1. The molecule has 0 aromatic heterocycles. The average molecular weight is 172 g/mol. The van der Waals surface area contributed by atoms with Crippen LogP contribution in [-0.4, -0.2) is 13.1 Å². The van der Waals surface area contributed by atoms with E-state index in [1.165, 1.54) is 0 Å². The first kappa shape index (κ1) is 11.5. The minimum Gasteiger partial charge on any atom is -0.467 e. The lowest BCUT2D eigenvalue weighted by atomic mass is 9.82. The average Bonchev–Trinajstić information content (AvgIpc) is 2.02. The van der Waals surface area contributed by atoms with Gasteiger partial charge in [-0.1, -0.05) is 33.6 Å². The third kappa shape index (κ3) is 4.37. The normalized spacial score (nSPS) is 11.2. The fraction of sp³-hybridized carbons (Fsp3) is 0.900. The Morgan fingerprint density at radius 1 is 1.25 bits per heavy atom. The maximum absolute atomic E-state index is 10.0. The third-order valence-corrected chi connectivity index (χ3v) is 2.21. The second kappa shape index (κ2) is 6.04. The fourth-order valence-electron chi connectivity index (χ4n) is 1.71. The first-order valence-electron chi connectivity index (χ1n) is 4.73. The van der Waals surface area contributed by atoms with Gasteiger partial charge in [0, 0.05) is 5.41 Å². The maximum Gasteiger partial charge on any atom is 0.293 e. The summed E-state index contributed by atoms with van der Waals surface area (Å²) in [6.07, 6.45) is 4.57. The molecule has 0 aliphatic carbocycles. The van der Waals surface area contributed by atoms with Crippen LogP contribution in [0.15, 0.2) is 0 Å². The summed E-state index contributed by atoms with van der Waals surface area (Å²) in [4.78, 5) is 10.0. The minimum absolute atomic E-state index is 0.199. The second-order valence-electron chi connectivity index (χ2n) is 3.72.